The van der Waals surface area contributed by atoms with Crippen molar-refractivity contribution in [2.24, 2.45) is 9.98 Å². The second-order valence-electron chi connectivity index (χ2n) is 2.96. The molecule has 0 heterocycles. The number of esters is 1. The summed E-state index contributed by atoms with van der Waals surface area (Å²) in [5.74, 6) is -0.349. The lowest BCUT2D eigenvalue weighted by atomic mass is 10.1. The molecule has 0 amide bonds. The number of hydrogen-bond donors (Lipinski definition) is 0. The van der Waals surface area contributed by atoms with E-state index in [0.717, 1.165) is 12.8 Å². The van der Waals surface area contributed by atoms with E-state index in [2.05, 4.69) is 44.7 Å². The monoisotopic (exact) mass is 258 g/mol. The highest BCUT2D eigenvalue weighted by Gasteiger charge is 2.17. The van der Waals surface area contributed by atoms with Gasteiger partial charge < -0.3 is 4.74 Å². The molecule has 0 bridgehead atoms. The van der Waals surface area contributed by atoms with E-state index in [0.29, 0.717) is 19.6 Å². The molecule has 88 valence electrons. The molecule has 0 radical (unpaired) electrons. The molecule has 4 nitrogen and oxygen atoms in total. The fourth-order valence-electron chi connectivity index (χ4n) is 1.11. The molecule has 0 rings (SSSR count). The minimum atomic E-state index is -0.533. The van der Waals surface area contributed by atoms with Crippen molar-refractivity contribution in [3.63, 3.8) is 0 Å². The van der Waals surface area contributed by atoms with Crippen LogP contribution < -0.4 is 0 Å². The van der Waals surface area contributed by atoms with Crippen molar-refractivity contribution in [1.82, 2.24) is 0 Å². The predicted molar refractivity (Wildman–Crippen MR) is 69.2 cm³/mol. The lowest BCUT2D eigenvalue weighted by Crippen LogP contribution is -2.21. The zero-order valence-corrected chi connectivity index (χ0v) is 10.8. The maximum atomic E-state index is 11.4. The summed E-state index contributed by atoms with van der Waals surface area (Å²) < 4.78 is 4.86. The Labute approximate surface area is 106 Å². The number of isothiocyanates is 2. The molecule has 1 atom stereocenters. The van der Waals surface area contributed by atoms with Crippen LogP contribution in [0.2, 0.25) is 0 Å². The van der Waals surface area contributed by atoms with E-state index in [1.807, 2.05) is 0 Å². The fraction of sp³-hybridized carbons (Fsp3) is 0.700. The molecular formula is C10H14N2O2S2. The van der Waals surface area contributed by atoms with E-state index in [9.17, 15) is 4.79 Å². The number of carbonyl (C=O) groups is 1. The van der Waals surface area contributed by atoms with E-state index < -0.39 is 6.04 Å². The number of thiocarbonyl (C=S) groups is 2. The van der Waals surface area contributed by atoms with Gasteiger partial charge in [-0.25, -0.2) is 14.8 Å². The normalized spacial score (nSPS) is 10.8. The van der Waals surface area contributed by atoms with Crippen LogP contribution in [0.15, 0.2) is 9.98 Å². The maximum Gasteiger partial charge on any atom is 0.331 e. The minimum Gasteiger partial charge on any atom is -0.464 e. The lowest BCUT2D eigenvalue weighted by Gasteiger charge is -2.08. The first-order valence-electron chi connectivity index (χ1n) is 5.03. The van der Waals surface area contributed by atoms with E-state index in [4.69, 9.17) is 4.74 Å². The molecule has 0 fully saturated rings. The van der Waals surface area contributed by atoms with Gasteiger partial charge in [-0.1, -0.05) is 0 Å². The van der Waals surface area contributed by atoms with E-state index in [1.54, 1.807) is 6.92 Å². The van der Waals surface area contributed by atoms with Gasteiger partial charge in [0, 0.05) is 6.54 Å². The summed E-state index contributed by atoms with van der Waals surface area (Å²) in [6.07, 6.45) is 2.24. The van der Waals surface area contributed by atoms with Crippen molar-refractivity contribution >= 4 is 40.7 Å². The summed E-state index contributed by atoms with van der Waals surface area (Å²) in [5.41, 5.74) is 0. The van der Waals surface area contributed by atoms with Gasteiger partial charge in [-0.2, -0.15) is 0 Å². The van der Waals surface area contributed by atoms with Gasteiger partial charge in [0.2, 0.25) is 0 Å². The Morgan fingerprint density at radius 3 is 2.69 bits per heavy atom. The van der Waals surface area contributed by atoms with Crippen LogP contribution in [-0.4, -0.2) is 35.5 Å². The first-order chi connectivity index (χ1) is 7.76. The standard InChI is InChI=1S/C10H14N2O2S2/c1-2-14-10(13)9(12-8-16)5-3-4-6-11-7-15/h9H,2-6H2,1H3. The van der Waals surface area contributed by atoms with Gasteiger partial charge >= 0.3 is 5.97 Å². The molecule has 6 heteroatoms. The van der Waals surface area contributed by atoms with Crippen molar-refractivity contribution in [2.75, 3.05) is 13.2 Å². The van der Waals surface area contributed by atoms with Crippen LogP contribution in [0.1, 0.15) is 26.2 Å². The third-order valence-electron chi connectivity index (χ3n) is 1.83. The molecule has 0 aliphatic heterocycles. The van der Waals surface area contributed by atoms with Gasteiger partial charge in [-0.15, -0.1) is 0 Å². The van der Waals surface area contributed by atoms with Crippen molar-refractivity contribution in [3.05, 3.63) is 0 Å². The van der Waals surface area contributed by atoms with Gasteiger partial charge in [0.15, 0.2) is 6.04 Å². The number of ether oxygens (including phenoxy) is 1. The van der Waals surface area contributed by atoms with Crippen LogP contribution in [-0.2, 0) is 9.53 Å². The third-order valence-corrected chi connectivity index (χ3v) is 2.06. The molecule has 0 saturated carbocycles. The smallest absolute Gasteiger partial charge is 0.331 e. The van der Waals surface area contributed by atoms with Crippen molar-refractivity contribution in [3.8, 4) is 0 Å². The molecule has 0 spiro atoms. The second-order valence-corrected chi connectivity index (χ2v) is 3.32. The fourth-order valence-corrected chi connectivity index (χ4v) is 1.33. The second kappa shape index (κ2) is 10.6. The Kier molecular flexibility index (Phi) is 9.97. The zero-order valence-electron chi connectivity index (χ0n) is 9.14. The summed E-state index contributed by atoms with van der Waals surface area (Å²) in [6, 6.07) is -0.533. The topological polar surface area (TPSA) is 51.0 Å². The molecule has 0 saturated heterocycles. The molecule has 1 unspecified atom stereocenters. The number of aliphatic imine (C=N–C) groups is 2. The number of unbranched alkanes of at least 4 members (excludes halogenated alkanes) is 1. The third kappa shape index (κ3) is 7.37. The minimum absolute atomic E-state index is 0.345. The van der Waals surface area contributed by atoms with Crippen molar-refractivity contribution in [1.29, 1.82) is 0 Å². The van der Waals surface area contributed by atoms with E-state index in [1.165, 1.54) is 0 Å². The van der Waals surface area contributed by atoms with Crippen LogP contribution in [0, 0.1) is 0 Å². The predicted octanol–water partition coefficient (Wildman–Crippen LogP) is 2.29. The highest BCUT2D eigenvalue weighted by atomic mass is 32.1. The summed E-state index contributed by atoms with van der Waals surface area (Å²) in [5, 5.41) is 4.50. The molecule has 0 aliphatic carbocycles. The van der Waals surface area contributed by atoms with Crippen LogP contribution in [0.5, 0.6) is 0 Å². The maximum absolute atomic E-state index is 11.4. The molecule has 16 heavy (non-hydrogen) atoms. The zero-order chi connectivity index (χ0) is 12.2. The van der Waals surface area contributed by atoms with Crippen LogP contribution in [0.4, 0.5) is 0 Å². The highest BCUT2D eigenvalue weighted by molar-refractivity contribution is 7.78. The molecule has 0 aliphatic rings. The summed E-state index contributed by atoms with van der Waals surface area (Å²) in [6.45, 7) is 2.72. The van der Waals surface area contributed by atoms with Gasteiger partial charge in [-0.3, -0.25) is 0 Å². The number of rotatable bonds is 8. The quantitative estimate of drug-likeness (QED) is 0.290. The van der Waals surface area contributed by atoms with Crippen molar-refractivity contribution < 1.29 is 9.53 Å². The lowest BCUT2D eigenvalue weighted by molar-refractivity contribution is -0.144. The van der Waals surface area contributed by atoms with Gasteiger partial charge in [0.25, 0.3) is 0 Å². The molecule has 0 aromatic rings. The largest absolute Gasteiger partial charge is 0.464 e. The molecule has 0 N–H and O–H groups in total. The first-order valence-corrected chi connectivity index (χ1v) is 5.85. The van der Waals surface area contributed by atoms with E-state index >= 15 is 0 Å². The number of nitrogens with zero attached hydrogens (tertiary/aromatic N) is 2. The summed E-state index contributed by atoms with van der Waals surface area (Å²) in [7, 11) is 0. The Morgan fingerprint density at radius 1 is 1.38 bits per heavy atom. The Hall–Kier alpha value is -0.930. The molecule has 0 aromatic carbocycles. The van der Waals surface area contributed by atoms with Crippen LogP contribution in [0.25, 0.3) is 0 Å². The molecular weight excluding hydrogens is 244 g/mol. The molecule has 0 aromatic heterocycles. The Morgan fingerprint density at radius 2 is 2.12 bits per heavy atom. The number of carbonyl (C=O) groups excluding carboxylic acids is 1. The Balaban J connectivity index is 3.98. The summed E-state index contributed by atoms with van der Waals surface area (Å²) in [4.78, 5) is 19.0. The van der Waals surface area contributed by atoms with Crippen LogP contribution in [0.3, 0.4) is 0 Å². The van der Waals surface area contributed by atoms with Crippen LogP contribution >= 0.6 is 24.4 Å². The SMILES string of the molecule is CCOC(=O)C(CCCCN=C=S)N=C=S. The average Bonchev–Trinajstić information content (AvgIpc) is 2.27. The summed E-state index contributed by atoms with van der Waals surface area (Å²) >= 11 is 8.92. The average molecular weight is 258 g/mol. The highest BCUT2D eigenvalue weighted by Crippen LogP contribution is 2.06. The van der Waals surface area contributed by atoms with Gasteiger partial charge in [0.05, 0.1) is 16.9 Å². The Bertz CT molecular complexity index is 308. The van der Waals surface area contributed by atoms with Gasteiger partial charge in [0.1, 0.15) is 0 Å². The first kappa shape index (κ1) is 15.1. The number of hydrogen-bond acceptors (Lipinski definition) is 6. The van der Waals surface area contributed by atoms with Gasteiger partial charge in [-0.05, 0) is 50.6 Å². The van der Waals surface area contributed by atoms with E-state index in [-0.39, 0.29) is 5.97 Å². The van der Waals surface area contributed by atoms with Crippen molar-refractivity contribution in [2.45, 2.75) is 32.2 Å².